The van der Waals surface area contributed by atoms with Crippen molar-refractivity contribution >= 4 is 21.6 Å². The quantitative estimate of drug-likeness (QED) is 0.751. The van der Waals surface area contributed by atoms with Gasteiger partial charge in [-0.25, -0.2) is 4.39 Å². The third-order valence-electron chi connectivity index (χ3n) is 2.68. The second-order valence-electron chi connectivity index (χ2n) is 4.20. The van der Waals surface area contributed by atoms with Crippen LogP contribution in [0, 0.1) is 5.82 Å². The molecule has 1 aromatic heterocycles. The van der Waals surface area contributed by atoms with E-state index in [1.807, 2.05) is 0 Å². The van der Waals surface area contributed by atoms with E-state index < -0.39 is 17.6 Å². The van der Waals surface area contributed by atoms with E-state index in [1.165, 1.54) is 6.07 Å². The summed E-state index contributed by atoms with van der Waals surface area (Å²) in [5.41, 5.74) is -1.13. The van der Waals surface area contributed by atoms with Gasteiger partial charge in [-0.05, 0) is 53.2 Å². The molecule has 2 nitrogen and oxygen atoms in total. The molecule has 0 bridgehead atoms. The highest BCUT2D eigenvalue weighted by atomic mass is 79.9. The summed E-state index contributed by atoms with van der Waals surface area (Å²) in [6.45, 7) is 1.72. The Morgan fingerprint density at radius 2 is 1.90 bits per heavy atom. The molecule has 2 aromatic rings. The van der Waals surface area contributed by atoms with Crippen molar-refractivity contribution in [1.29, 1.82) is 0 Å². The molecule has 0 saturated carbocycles. The van der Waals surface area contributed by atoms with Crippen molar-refractivity contribution in [2.75, 3.05) is 5.32 Å². The van der Waals surface area contributed by atoms with E-state index >= 15 is 0 Å². The van der Waals surface area contributed by atoms with Gasteiger partial charge in [-0.15, -0.1) is 0 Å². The van der Waals surface area contributed by atoms with Gasteiger partial charge in [-0.1, -0.05) is 0 Å². The van der Waals surface area contributed by atoms with Gasteiger partial charge in [0.05, 0.1) is 11.6 Å². The summed E-state index contributed by atoms with van der Waals surface area (Å²) in [6.07, 6.45) is -4.72. The number of hydrogen-bond donors (Lipinski definition) is 1. The summed E-state index contributed by atoms with van der Waals surface area (Å²) in [5, 5.41) is 2.83. The number of hydrogen-bond acceptors (Lipinski definition) is 2. The molecule has 1 aromatic carbocycles. The molecule has 0 aliphatic rings. The summed E-state index contributed by atoms with van der Waals surface area (Å²) in [4.78, 5) is 0. The van der Waals surface area contributed by atoms with E-state index in [0.29, 0.717) is 10.4 Å². The lowest BCUT2D eigenvalue weighted by atomic mass is 10.1. The molecule has 0 radical (unpaired) electrons. The van der Waals surface area contributed by atoms with Gasteiger partial charge in [0.15, 0.2) is 4.67 Å². The van der Waals surface area contributed by atoms with Crippen LogP contribution in [0.15, 0.2) is 39.4 Å². The molecule has 108 valence electrons. The van der Waals surface area contributed by atoms with Gasteiger partial charge in [0.2, 0.25) is 0 Å². The highest BCUT2D eigenvalue weighted by Crippen LogP contribution is 2.34. The van der Waals surface area contributed by atoms with Gasteiger partial charge >= 0.3 is 6.18 Å². The average molecular weight is 352 g/mol. The monoisotopic (exact) mass is 351 g/mol. The molecular weight excluding hydrogens is 342 g/mol. The van der Waals surface area contributed by atoms with Gasteiger partial charge in [0.1, 0.15) is 11.6 Å². The highest BCUT2D eigenvalue weighted by Gasteiger charge is 2.34. The Kier molecular flexibility index (Phi) is 4.08. The number of alkyl halides is 3. The first-order valence-corrected chi connectivity index (χ1v) is 6.45. The topological polar surface area (TPSA) is 25.2 Å². The standard InChI is InChI=1S/C13H10BrF4NO/c1-7(11-4-5-12(14)20-11)19-8-2-3-10(15)9(6-8)13(16,17)18/h2-7,19H,1H3. The normalized spacial score (nSPS) is 13.3. The van der Waals surface area contributed by atoms with Crippen LogP contribution in [0.5, 0.6) is 0 Å². The molecule has 7 heteroatoms. The third kappa shape index (κ3) is 3.33. The van der Waals surface area contributed by atoms with Crippen molar-refractivity contribution in [1.82, 2.24) is 0 Å². The number of halogens is 5. The predicted molar refractivity (Wildman–Crippen MR) is 69.8 cm³/mol. The second-order valence-corrected chi connectivity index (χ2v) is 4.98. The Bertz CT molecular complexity index is 609. The van der Waals surface area contributed by atoms with Gasteiger partial charge in [-0.2, -0.15) is 13.2 Å². The van der Waals surface area contributed by atoms with E-state index in [9.17, 15) is 17.6 Å². The van der Waals surface area contributed by atoms with Gasteiger partial charge < -0.3 is 9.73 Å². The lowest BCUT2D eigenvalue weighted by molar-refractivity contribution is -0.139. The van der Waals surface area contributed by atoms with E-state index in [4.69, 9.17) is 4.42 Å². The van der Waals surface area contributed by atoms with Crippen molar-refractivity contribution in [3.8, 4) is 0 Å². The SMILES string of the molecule is CC(Nc1ccc(F)c(C(F)(F)F)c1)c1ccc(Br)o1. The molecule has 0 aliphatic heterocycles. The largest absolute Gasteiger partial charge is 0.452 e. The van der Waals surface area contributed by atoms with Crippen molar-refractivity contribution in [3.05, 3.63) is 52.1 Å². The van der Waals surface area contributed by atoms with Crippen LogP contribution < -0.4 is 5.32 Å². The maximum atomic E-state index is 13.2. The zero-order valence-corrected chi connectivity index (χ0v) is 11.8. The Labute approximate surface area is 120 Å². The summed E-state index contributed by atoms with van der Waals surface area (Å²) < 4.78 is 56.8. The Balaban J connectivity index is 2.22. The number of benzene rings is 1. The molecule has 0 spiro atoms. The van der Waals surface area contributed by atoms with Crippen LogP contribution in [0.3, 0.4) is 0 Å². The molecule has 0 fully saturated rings. The van der Waals surface area contributed by atoms with Crippen LogP contribution in [0.25, 0.3) is 0 Å². The van der Waals surface area contributed by atoms with Crippen molar-refractivity contribution in [3.63, 3.8) is 0 Å². The van der Waals surface area contributed by atoms with Crippen molar-refractivity contribution in [2.24, 2.45) is 0 Å². The first-order chi connectivity index (χ1) is 9.27. The maximum absolute atomic E-state index is 13.2. The highest BCUT2D eigenvalue weighted by molar-refractivity contribution is 9.10. The number of anilines is 1. The molecule has 0 saturated heterocycles. The Morgan fingerprint density at radius 1 is 1.20 bits per heavy atom. The lowest BCUT2D eigenvalue weighted by Crippen LogP contribution is -2.11. The Hall–Kier alpha value is -1.50. The zero-order chi connectivity index (χ0) is 14.9. The van der Waals surface area contributed by atoms with Gasteiger partial charge in [0, 0.05) is 5.69 Å². The summed E-state index contributed by atoms with van der Waals surface area (Å²) in [7, 11) is 0. The maximum Gasteiger partial charge on any atom is 0.419 e. The summed E-state index contributed by atoms with van der Waals surface area (Å²) in [6, 6.07) is 5.79. The second kappa shape index (κ2) is 5.47. The minimum Gasteiger partial charge on any atom is -0.452 e. The van der Waals surface area contributed by atoms with E-state index in [-0.39, 0.29) is 11.7 Å². The fourth-order valence-electron chi connectivity index (χ4n) is 1.71. The minimum atomic E-state index is -4.72. The fourth-order valence-corrected chi connectivity index (χ4v) is 2.03. The molecule has 2 rings (SSSR count). The van der Waals surface area contributed by atoms with Crippen LogP contribution >= 0.6 is 15.9 Å². The summed E-state index contributed by atoms with van der Waals surface area (Å²) in [5.74, 6) is -0.744. The molecular formula is C13H10BrF4NO. The predicted octanol–water partition coefficient (Wildman–Crippen LogP) is 5.37. The molecule has 1 atom stereocenters. The lowest BCUT2D eigenvalue weighted by Gasteiger charge is -2.15. The molecule has 1 N–H and O–H groups in total. The van der Waals surface area contributed by atoms with Gasteiger partial charge in [-0.3, -0.25) is 0 Å². The number of rotatable bonds is 3. The van der Waals surface area contributed by atoms with Crippen LogP contribution in [-0.2, 0) is 6.18 Å². The van der Waals surface area contributed by atoms with Gasteiger partial charge in [0.25, 0.3) is 0 Å². The average Bonchev–Trinajstić information content (AvgIpc) is 2.77. The Morgan fingerprint density at radius 3 is 2.45 bits per heavy atom. The van der Waals surface area contributed by atoms with Crippen LogP contribution in [-0.4, -0.2) is 0 Å². The molecule has 1 unspecified atom stereocenters. The van der Waals surface area contributed by atoms with Crippen LogP contribution in [0.4, 0.5) is 23.2 Å². The van der Waals surface area contributed by atoms with Crippen LogP contribution in [0.2, 0.25) is 0 Å². The molecule has 0 aliphatic carbocycles. The molecule has 20 heavy (non-hydrogen) atoms. The molecule has 1 heterocycles. The fraction of sp³-hybridized carbons (Fsp3) is 0.231. The van der Waals surface area contributed by atoms with Crippen LogP contribution in [0.1, 0.15) is 24.3 Å². The smallest absolute Gasteiger partial charge is 0.419 e. The van der Waals surface area contributed by atoms with Crippen molar-refractivity contribution < 1.29 is 22.0 Å². The molecule has 0 amide bonds. The van der Waals surface area contributed by atoms with E-state index in [0.717, 1.165) is 12.1 Å². The van der Waals surface area contributed by atoms with E-state index in [1.54, 1.807) is 19.1 Å². The zero-order valence-electron chi connectivity index (χ0n) is 10.3. The third-order valence-corrected chi connectivity index (χ3v) is 3.10. The van der Waals surface area contributed by atoms with E-state index in [2.05, 4.69) is 21.2 Å². The number of furan rings is 1. The number of nitrogens with one attached hydrogen (secondary N) is 1. The van der Waals surface area contributed by atoms with Crippen molar-refractivity contribution in [2.45, 2.75) is 19.1 Å². The summed E-state index contributed by atoms with van der Waals surface area (Å²) >= 11 is 3.14. The first-order valence-electron chi connectivity index (χ1n) is 5.66. The first kappa shape index (κ1) is 14.9. The minimum absolute atomic E-state index is 0.166.